The van der Waals surface area contributed by atoms with Gasteiger partial charge in [-0.2, -0.15) is 5.21 Å². The summed E-state index contributed by atoms with van der Waals surface area (Å²) in [6.45, 7) is 5.08. The molecule has 0 saturated carbocycles. The molecule has 0 bridgehead atoms. The molecule has 0 radical (unpaired) electrons. The first-order valence-electron chi connectivity index (χ1n) is 45.4. The number of ether oxygens (including phenoxy) is 1. The number of benzene rings is 4. The molecule has 0 unspecified atom stereocenters. The third kappa shape index (κ3) is 38.4. The van der Waals surface area contributed by atoms with Gasteiger partial charge in [0.15, 0.2) is 5.82 Å². The van der Waals surface area contributed by atoms with Crippen LogP contribution in [0.2, 0.25) is 0 Å². The smallest absolute Gasteiger partial charge is 0.305 e. The van der Waals surface area contributed by atoms with E-state index in [0.717, 1.165) is 49.1 Å². The predicted molar refractivity (Wildman–Crippen MR) is 499 cm³/mol. The number of halogens is 1. The second-order valence-electron chi connectivity index (χ2n) is 33.8. The first kappa shape index (κ1) is 115. The lowest BCUT2D eigenvalue weighted by molar-refractivity contribution is -0.143. The van der Waals surface area contributed by atoms with Crippen LogP contribution < -0.4 is 101 Å². The SMILES string of the molecule is CCC(=O)N[C@@H](CO)C(=O)NCC(=O)NCC(=O)NCC(=O)NCC(=O)N[C@@H](CO)C(=O)NCCCCOc1ccc(-c2ccc(C[C@H](NC(=O)[C@H](CC(=O)O)NC(=O)[C@H](CO)NC(=O)[C@@H](NC(=O)[C@](C)(Cc3ccccc3F)NC(=O)[C@@H](NC(=O)CNC(=O)[C@H](Cc3nn[nH]n3)NC(=O)C(C)(C)C(=O)NCCc3cnc[nH]3)[C@@H](C)O)[C@@H](C)O)C(=O)N[C@@H](CCCc3cccc(C)c3)C(N)=O)cc2)c(CC)c1. The van der Waals surface area contributed by atoms with E-state index in [-0.39, 0.29) is 50.3 Å². The molecule has 0 spiro atoms. The first-order chi connectivity index (χ1) is 67.4. The summed E-state index contributed by atoms with van der Waals surface area (Å²) in [7, 11) is 0. The standard InChI is InChI=1S/C91H125FN24O26/c1-9-54-35-58(142-32-14-13-30-95-80(132)65(45-117)104-73(126)43-99-71(124)41-97-70(123)40-98-72(125)42-100-81(133)66(46-118)103-69(122)10-2)27-28-59(54)55-25-23-53(24-26-55)34-62(82(134)105-61(78(93)130)22-16-19-52-18-15-17-49(3)33-52)106-83(135)64(37-75(128)129)107-84(136)67(47-119)108-85(137)76(50(4)120)111-89(141)91(8,38-56-20-11-12-21-60(56)92)112-86(138)77(51(5)121)110-74(127)44-101-79(131)63(36-68-113-115-116-114-68)109-88(140)90(6,7)87(139)96-31-29-57-39-94-48-102-57/h11-12,15,17-18,20-21,23-28,33,35,39,48,50-51,61-67,76-77,117-121H,9-10,13-14,16,19,22,29-32,34,36-38,40-47H2,1-8H3,(H2,93,130)(H,94,102)(H,95,132)(H,96,139)(H,97,123)(H,98,125)(H,99,124)(H,100,133)(H,101,131)(H,103,122)(H,104,126)(H,105,134)(H,106,135)(H,107,136)(H,108,137)(H,109,140)(H,110,127)(H,111,141)(H,112,138)(H,128,129)(H,113,114,115,116)/t50-,51-,61+,62+,63+,64+,65+,66+,67+,76+,77+,91+/m1/s1. The van der Waals surface area contributed by atoms with E-state index in [0.29, 0.717) is 61.1 Å². The summed E-state index contributed by atoms with van der Waals surface area (Å²) in [5.74, 6) is -20.3. The summed E-state index contributed by atoms with van der Waals surface area (Å²) in [4.78, 5) is 260. The van der Waals surface area contributed by atoms with Crippen LogP contribution in [0.4, 0.5) is 4.39 Å². The number of nitrogens with zero attached hydrogens (tertiary/aromatic N) is 4. The molecule has 2 heterocycles. The van der Waals surface area contributed by atoms with Crippen LogP contribution in [0.5, 0.6) is 5.75 Å². The number of aryl methyl sites for hydroxylation is 3. The van der Waals surface area contributed by atoms with E-state index in [2.05, 4.69) is 121 Å². The average Bonchev–Trinajstić information content (AvgIpc) is 0.827. The van der Waals surface area contributed by atoms with Gasteiger partial charge in [-0.25, -0.2) is 9.37 Å². The molecule has 0 aliphatic heterocycles. The van der Waals surface area contributed by atoms with Crippen molar-refractivity contribution in [2.24, 2.45) is 11.1 Å². The van der Waals surface area contributed by atoms with E-state index in [4.69, 9.17) is 10.5 Å². The number of rotatable bonds is 61. The van der Waals surface area contributed by atoms with Gasteiger partial charge in [0.2, 0.25) is 106 Å². The van der Waals surface area contributed by atoms with Gasteiger partial charge in [-0.3, -0.25) is 91.1 Å². The minimum absolute atomic E-state index is 0.0174. The molecule has 27 N–H and O–H groups in total. The van der Waals surface area contributed by atoms with Crippen LogP contribution >= 0.6 is 0 Å². The van der Waals surface area contributed by atoms with Crippen molar-refractivity contribution < 1.29 is 131 Å². The molecule has 0 saturated heterocycles. The van der Waals surface area contributed by atoms with Gasteiger partial charge >= 0.3 is 5.97 Å². The van der Waals surface area contributed by atoms with Crippen molar-refractivity contribution in [3.63, 3.8) is 0 Å². The number of aliphatic carboxylic acids is 1. The number of carboxylic acid groups (broad SMARTS) is 1. The van der Waals surface area contributed by atoms with Gasteiger partial charge in [-0.05, 0) is 132 Å². The Morgan fingerprint density at radius 1 is 0.500 bits per heavy atom. The summed E-state index contributed by atoms with van der Waals surface area (Å²) in [6.07, 6.45) is -1.02. The zero-order valence-corrected chi connectivity index (χ0v) is 79.5. The van der Waals surface area contributed by atoms with Crippen molar-refractivity contribution in [2.75, 3.05) is 72.2 Å². The van der Waals surface area contributed by atoms with Crippen molar-refractivity contribution in [1.29, 1.82) is 0 Å². The number of carbonyl (C=O) groups is 19. The molecule has 6 rings (SSSR count). The van der Waals surface area contributed by atoms with Crippen LogP contribution in [0.15, 0.2) is 104 Å². The van der Waals surface area contributed by atoms with Gasteiger partial charge in [-0.1, -0.05) is 97.4 Å². The number of primary amides is 1. The van der Waals surface area contributed by atoms with Gasteiger partial charge in [0.05, 0.1) is 84.1 Å². The third-order valence-corrected chi connectivity index (χ3v) is 21.9. The summed E-state index contributed by atoms with van der Waals surface area (Å²) >= 11 is 0. The maximum absolute atomic E-state index is 15.6. The number of amides is 18. The molecule has 0 fully saturated rings. The third-order valence-electron chi connectivity index (χ3n) is 21.9. The van der Waals surface area contributed by atoms with E-state index in [1.54, 1.807) is 42.6 Å². The average molecular weight is 1990 g/mol. The number of imidazole rings is 1. The van der Waals surface area contributed by atoms with Crippen LogP contribution in [-0.2, 0) is 130 Å². The normalized spacial score (nSPS) is 13.8. The van der Waals surface area contributed by atoms with Crippen LogP contribution in [-0.4, -0.2) is 318 Å². The lowest BCUT2D eigenvalue weighted by atomic mass is 9.90. The molecule has 6 aromatic rings. The Balaban J connectivity index is 1.08. The topological polar surface area (TPSA) is 769 Å². The summed E-state index contributed by atoms with van der Waals surface area (Å²) in [5.41, 5.74) is 6.62. The number of nitrogens with two attached hydrogens (primary N) is 1. The number of aliphatic hydroxyl groups is 5. The zero-order chi connectivity index (χ0) is 105. The molecule has 4 aromatic carbocycles. The van der Waals surface area contributed by atoms with E-state index in [1.807, 2.05) is 44.2 Å². The number of aromatic amines is 2. The number of aromatic nitrogens is 6. The molecule has 0 aliphatic rings. The van der Waals surface area contributed by atoms with Crippen LogP contribution in [0, 0.1) is 18.2 Å². The number of carboxylic acids is 1. The number of aliphatic hydroxyl groups excluding tert-OH is 5. The highest BCUT2D eigenvalue weighted by atomic mass is 19.1. The van der Waals surface area contributed by atoms with Gasteiger partial charge in [0.1, 0.15) is 76.9 Å². The van der Waals surface area contributed by atoms with E-state index in [1.165, 1.54) is 45.3 Å². The molecule has 772 valence electrons. The van der Waals surface area contributed by atoms with Crippen molar-refractivity contribution in [2.45, 2.75) is 205 Å². The number of H-pyrrole nitrogens is 2. The maximum Gasteiger partial charge on any atom is 0.305 e. The Kier molecular flexibility index (Phi) is 47.0. The van der Waals surface area contributed by atoms with Crippen molar-refractivity contribution in [1.82, 2.24) is 121 Å². The Hall–Kier alpha value is -15.4. The van der Waals surface area contributed by atoms with Crippen molar-refractivity contribution in [3.8, 4) is 16.9 Å². The number of hydrogen-bond acceptors (Lipinski definition) is 29. The molecular weight excluding hydrogens is 1860 g/mol. The molecule has 18 amide bonds. The second-order valence-corrected chi connectivity index (χ2v) is 33.8. The highest BCUT2D eigenvalue weighted by molar-refractivity contribution is 6.06. The monoisotopic (exact) mass is 1990 g/mol. The summed E-state index contributed by atoms with van der Waals surface area (Å²) in [5, 5.41) is 115. The summed E-state index contributed by atoms with van der Waals surface area (Å²) in [6, 6.07) is 8.76. The number of carbonyl (C=O) groups excluding carboxylic acids is 18. The highest BCUT2D eigenvalue weighted by Crippen LogP contribution is 2.30. The van der Waals surface area contributed by atoms with Crippen LogP contribution in [0.3, 0.4) is 0 Å². The largest absolute Gasteiger partial charge is 0.494 e. The fourth-order valence-electron chi connectivity index (χ4n) is 13.8. The van der Waals surface area contributed by atoms with Gasteiger partial charge in [0.25, 0.3) is 0 Å². The van der Waals surface area contributed by atoms with E-state index in [9.17, 15) is 122 Å². The molecule has 0 aliphatic carbocycles. The summed E-state index contributed by atoms with van der Waals surface area (Å²) < 4.78 is 21.7. The number of unbranched alkanes of at least 4 members (excludes halogenated alkanes) is 1. The Bertz CT molecular complexity index is 5340. The number of hydrogen-bond donors (Lipinski definition) is 26. The molecule has 142 heavy (non-hydrogen) atoms. The quantitative estimate of drug-likeness (QED) is 0.0125. The molecule has 12 atom stereocenters. The fourth-order valence-corrected chi connectivity index (χ4v) is 13.8. The highest BCUT2D eigenvalue weighted by Gasteiger charge is 2.44. The maximum atomic E-state index is 15.6. The van der Waals surface area contributed by atoms with Crippen molar-refractivity contribution in [3.05, 3.63) is 149 Å². The van der Waals surface area contributed by atoms with Crippen LogP contribution in [0.1, 0.15) is 126 Å². The molecular formula is C91H125FN24O26. The minimum Gasteiger partial charge on any atom is -0.494 e. The number of tetrazole rings is 1. The number of nitrogens with one attached hydrogen (secondary N) is 19. The van der Waals surface area contributed by atoms with E-state index < -0.39 is 267 Å². The Labute approximate surface area is 814 Å². The van der Waals surface area contributed by atoms with Gasteiger partial charge in [-0.15, -0.1) is 10.2 Å². The first-order valence-corrected chi connectivity index (χ1v) is 45.4. The minimum atomic E-state index is -2.44. The fraction of sp³-hybridized carbons (Fsp3) is 0.484. The van der Waals surface area contributed by atoms with Gasteiger partial charge < -0.3 is 136 Å². The van der Waals surface area contributed by atoms with Crippen molar-refractivity contribution >= 4 is 112 Å². The van der Waals surface area contributed by atoms with E-state index >= 15 is 4.39 Å². The Morgan fingerprint density at radius 3 is 1.64 bits per heavy atom. The zero-order valence-electron chi connectivity index (χ0n) is 79.5. The van der Waals surface area contributed by atoms with Crippen LogP contribution in [0.25, 0.3) is 11.1 Å². The van der Waals surface area contributed by atoms with Gasteiger partial charge in [0, 0.05) is 57.1 Å². The second kappa shape index (κ2) is 57.9. The molecule has 50 nitrogen and oxygen atoms in total. The molecule has 2 aromatic heterocycles. The molecule has 51 heteroatoms. The lowest BCUT2D eigenvalue weighted by Gasteiger charge is -2.34. The Morgan fingerprint density at radius 2 is 1.06 bits per heavy atom. The predicted octanol–water partition coefficient (Wildman–Crippen LogP) is -7.76. The lowest BCUT2D eigenvalue weighted by Crippen LogP contribution is -2.67.